The van der Waals surface area contributed by atoms with Gasteiger partial charge in [0.25, 0.3) is 0 Å². The Morgan fingerprint density at radius 3 is 2.57 bits per heavy atom. The predicted molar refractivity (Wildman–Crippen MR) is 79.6 cm³/mol. The molecule has 2 aromatic rings. The summed E-state index contributed by atoms with van der Waals surface area (Å²) in [7, 11) is 0. The molecule has 0 aliphatic heterocycles. The normalized spacial score (nSPS) is 11.2. The van der Waals surface area contributed by atoms with E-state index in [0.29, 0.717) is 18.7 Å². The van der Waals surface area contributed by atoms with E-state index in [-0.39, 0.29) is 11.5 Å². The largest absolute Gasteiger partial charge is 0.487 e. The van der Waals surface area contributed by atoms with Crippen LogP contribution in [0, 0.1) is 0 Å². The number of thiophene rings is 1. The summed E-state index contributed by atoms with van der Waals surface area (Å²) in [5.74, 6) is 0.0365. The Bertz CT molecular complexity index is 582. The van der Waals surface area contributed by atoms with E-state index in [9.17, 15) is 13.6 Å². The van der Waals surface area contributed by atoms with Gasteiger partial charge in [0.1, 0.15) is 5.75 Å². The highest BCUT2D eigenvalue weighted by molar-refractivity contribution is 7.12. The fourth-order valence-corrected chi connectivity index (χ4v) is 2.44. The van der Waals surface area contributed by atoms with Crippen LogP contribution in [0.4, 0.5) is 14.5 Å². The van der Waals surface area contributed by atoms with E-state index < -0.39 is 5.57 Å². The molecule has 2 rings (SSSR count). The molecule has 0 aliphatic carbocycles. The van der Waals surface area contributed by atoms with Crippen LogP contribution in [0.2, 0.25) is 0 Å². The lowest BCUT2D eigenvalue weighted by Gasteiger charge is -2.11. The van der Waals surface area contributed by atoms with Crippen LogP contribution in [0.15, 0.2) is 41.8 Å². The van der Waals surface area contributed by atoms with Crippen molar-refractivity contribution in [3.8, 4) is 5.75 Å². The van der Waals surface area contributed by atoms with E-state index in [1.54, 1.807) is 18.2 Å². The summed E-state index contributed by atoms with van der Waals surface area (Å²) in [6.45, 7) is 0.461. The lowest BCUT2D eigenvalue weighted by molar-refractivity contribution is -0.0964. The summed E-state index contributed by atoms with van der Waals surface area (Å²) in [6.07, 6.45) is 0.360. The summed E-state index contributed by atoms with van der Waals surface area (Å²) in [5.41, 5.74) is -3.01. The average Bonchev–Trinajstić information content (AvgIpc) is 2.93. The van der Waals surface area contributed by atoms with Crippen molar-refractivity contribution >= 4 is 34.4 Å². The van der Waals surface area contributed by atoms with E-state index in [1.807, 2.05) is 11.4 Å². The first-order chi connectivity index (χ1) is 9.94. The van der Waals surface area contributed by atoms with Gasteiger partial charge in [0.2, 0.25) is 0 Å². The van der Waals surface area contributed by atoms with E-state index in [0.717, 1.165) is 4.88 Å². The summed E-state index contributed by atoms with van der Waals surface area (Å²) in [4.78, 5) is 12.5. The Morgan fingerprint density at radius 1 is 1.29 bits per heavy atom. The number of hydrogen-bond donors (Lipinski definition) is 1. The number of anilines is 1. The third-order valence-electron chi connectivity index (χ3n) is 2.57. The van der Waals surface area contributed by atoms with Crippen LogP contribution in [0.25, 0.3) is 0 Å². The third kappa shape index (κ3) is 5.32. The first kappa shape index (κ1) is 15.7. The maximum atomic E-state index is 12.4. The summed E-state index contributed by atoms with van der Waals surface area (Å²) in [6, 6.07) is 9.52. The second-order valence-electron chi connectivity index (χ2n) is 4.15. The minimum atomic E-state index is -3.72. The van der Waals surface area contributed by atoms with Gasteiger partial charge < -0.3 is 10.1 Å². The molecule has 7 heteroatoms. The number of carbonyl (C=O) groups excluding carboxylic acids is 1. The standard InChI is InChI=1S/C14H12ClF2NO2S/c15-14(16,17)20-11-5-3-10(4-6-11)18-8-7-12(19)13-2-1-9-21-13/h1-6,9,18H,7-8H2. The lowest BCUT2D eigenvalue weighted by Crippen LogP contribution is -2.15. The molecule has 0 fully saturated rings. The molecular formula is C14H12ClF2NO2S. The second kappa shape index (κ2) is 6.87. The topological polar surface area (TPSA) is 38.3 Å². The molecule has 3 nitrogen and oxygen atoms in total. The van der Waals surface area contributed by atoms with Crippen molar-refractivity contribution in [3.05, 3.63) is 46.7 Å². The lowest BCUT2D eigenvalue weighted by atomic mass is 10.2. The first-order valence-electron chi connectivity index (χ1n) is 6.10. The molecule has 1 aromatic heterocycles. The average molecular weight is 332 g/mol. The summed E-state index contributed by atoms with van der Waals surface area (Å²) < 4.78 is 29.1. The fraction of sp³-hybridized carbons (Fsp3) is 0.214. The van der Waals surface area contributed by atoms with Gasteiger partial charge in [-0.1, -0.05) is 6.07 Å². The zero-order valence-corrected chi connectivity index (χ0v) is 12.4. The number of ether oxygens (including phenoxy) is 1. The SMILES string of the molecule is O=C(CCNc1ccc(OC(F)(F)Cl)cc1)c1cccs1. The summed E-state index contributed by atoms with van der Waals surface area (Å²) >= 11 is 6.07. The van der Waals surface area contributed by atoms with Crippen molar-refractivity contribution in [2.75, 3.05) is 11.9 Å². The van der Waals surface area contributed by atoms with Crippen LogP contribution in [-0.4, -0.2) is 17.9 Å². The Kier molecular flexibility index (Phi) is 5.14. The molecule has 0 bridgehead atoms. The number of rotatable bonds is 7. The highest BCUT2D eigenvalue weighted by atomic mass is 35.5. The van der Waals surface area contributed by atoms with Crippen LogP contribution in [0.1, 0.15) is 16.1 Å². The molecule has 0 radical (unpaired) electrons. The van der Waals surface area contributed by atoms with E-state index in [1.165, 1.54) is 23.5 Å². The maximum Gasteiger partial charge on any atom is 0.487 e. The number of alkyl halides is 3. The Balaban J connectivity index is 1.80. The van der Waals surface area contributed by atoms with Crippen LogP contribution < -0.4 is 10.1 Å². The van der Waals surface area contributed by atoms with Crippen molar-refractivity contribution in [1.29, 1.82) is 0 Å². The van der Waals surface area contributed by atoms with Crippen LogP contribution in [0.3, 0.4) is 0 Å². The van der Waals surface area contributed by atoms with Gasteiger partial charge in [0.05, 0.1) is 4.88 Å². The van der Waals surface area contributed by atoms with Gasteiger partial charge >= 0.3 is 5.57 Å². The smallest absolute Gasteiger partial charge is 0.420 e. The van der Waals surface area contributed by atoms with Gasteiger partial charge in [-0.05, 0) is 35.7 Å². The number of halogens is 3. The maximum absolute atomic E-state index is 12.4. The van der Waals surface area contributed by atoms with Gasteiger partial charge in [-0.15, -0.1) is 20.1 Å². The number of nitrogens with one attached hydrogen (secondary N) is 1. The predicted octanol–water partition coefficient (Wildman–Crippen LogP) is 4.60. The molecule has 1 aromatic carbocycles. The molecule has 0 saturated heterocycles. The highest BCUT2D eigenvalue weighted by Crippen LogP contribution is 2.25. The highest BCUT2D eigenvalue weighted by Gasteiger charge is 2.27. The molecule has 0 saturated carbocycles. The van der Waals surface area contributed by atoms with Crippen LogP contribution in [0.5, 0.6) is 5.75 Å². The molecular weight excluding hydrogens is 320 g/mol. The monoisotopic (exact) mass is 331 g/mol. The molecule has 112 valence electrons. The number of hydrogen-bond acceptors (Lipinski definition) is 4. The van der Waals surface area contributed by atoms with Crippen molar-refractivity contribution in [2.45, 2.75) is 12.0 Å². The Hall–Kier alpha value is -1.66. The van der Waals surface area contributed by atoms with E-state index in [4.69, 9.17) is 0 Å². The zero-order valence-electron chi connectivity index (χ0n) is 10.8. The number of carbonyl (C=O) groups is 1. The van der Waals surface area contributed by atoms with Gasteiger partial charge in [-0.2, -0.15) is 0 Å². The molecule has 0 atom stereocenters. The number of benzene rings is 1. The molecule has 21 heavy (non-hydrogen) atoms. The van der Waals surface area contributed by atoms with Crippen LogP contribution >= 0.6 is 22.9 Å². The molecule has 0 amide bonds. The Morgan fingerprint density at radius 2 is 2.00 bits per heavy atom. The molecule has 0 spiro atoms. The Labute approximate surface area is 129 Å². The molecule has 0 unspecified atom stereocenters. The van der Waals surface area contributed by atoms with Gasteiger partial charge in [0, 0.05) is 30.3 Å². The van der Waals surface area contributed by atoms with Crippen molar-refractivity contribution in [2.24, 2.45) is 0 Å². The van der Waals surface area contributed by atoms with Crippen LogP contribution in [-0.2, 0) is 0 Å². The second-order valence-corrected chi connectivity index (χ2v) is 5.54. The minimum Gasteiger partial charge on any atom is -0.420 e. The molecule has 0 aliphatic rings. The van der Waals surface area contributed by atoms with Gasteiger partial charge in [-0.3, -0.25) is 4.79 Å². The van der Waals surface area contributed by atoms with Crippen molar-refractivity contribution in [1.82, 2.24) is 0 Å². The zero-order chi connectivity index (χ0) is 15.3. The third-order valence-corrected chi connectivity index (χ3v) is 3.55. The van der Waals surface area contributed by atoms with Gasteiger partial charge in [0.15, 0.2) is 5.78 Å². The van der Waals surface area contributed by atoms with E-state index >= 15 is 0 Å². The number of Topliss-reactive ketones (excluding diaryl/α,β-unsaturated/α-hetero) is 1. The molecule has 1 N–H and O–H groups in total. The molecule has 1 heterocycles. The number of ketones is 1. The minimum absolute atomic E-state index is 0.0322. The van der Waals surface area contributed by atoms with Crippen molar-refractivity contribution in [3.63, 3.8) is 0 Å². The quantitative estimate of drug-likeness (QED) is 0.595. The first-order valence-corrected chi connectivity index (χ1v) is 7.36. The summed E-state index contributed by atoms with van der Waals surface area (Å²) in [5, 5.41) is 4.89. The van der Waals surface area contributed by atoms with Gasteiger partial charge in [-0.25, -0.2) is 0 Å². The van der Waals surface area contributed by atoms with Crippen molar-refractivity contribution < 1.29 is 18.3 Å². The van der Waals surface area contributed by atoms with E-state index in [2.05, 4.69) is 21.7 Å². The fourth-order valence-electron chi connectivity index (χ4n) is 1.66.